The van der Waals surface area contributed by atoms with E-state index in [4.69, 9.17) is 0 Å². The van der Waals surface area contributed by atoms with Crippen LogP contribution in [0, 0.1) is 54.8 Å². The lowest BCUT2D eigenvalue weighted by atomic mass is 9.47. The second kappa shape index (κ2) is 7.93. The average molecular weight is 585 g/mol. The molecule has 6 aliphatic rings. The van der Waals surface area contributed by atoms with E-state index in [2.05, 4.69) is 57.8 Å². The van der Waals surface area contributed by atoms with Crippen molar-refractivity contribution in [1.82, 2.24) is 0 Å². The van der Waals surface area contributed by atoms with E-state index >= 15 is 4.79 Å². The van der Waals surface area contributed by atoms with Gasteiger partial charge in [-0.25, -0.2) is 0 Å². The minimum absolute atomic E-state index is 0.285. The van der Waals surface area contributed by atoms with E-state index in [1.54, 1.807) is 0 Å². The number of Topliss-reactive ketones (excluding diaryl/α,β-unsaturated/α-hetero) is 1. The quantitative estimate of drug-likeness (QED) is 0.387. The number of carbonyl (C=O) groups excluding carboxylic acids is 1. The van der Waals surface area contributed by atoms with Crippen molar-refractivity contribution >= 4 is 40.1 Å². The van der Waals surface area contributed by atoms with Crippen LogP contribution in [-0.4, -0.2) is 17.9 Å². The van der Waals surface area contributed by atoms with Gasteiger partial charge in [0.25, 0.3) is 0 Å². The molecule has 36 heavy (non-hydrogen) atoms. The summed E-state index contributed by atoms with van der Waals surface area (Å²) in [6.45, 7) is 0. The van der Waals surface area contributed by atoms with Gasteiger partial charge >= 0.3 is 0 Å². The van der Waals surface area contributed by atoms with Crippen molar-refractivity contribution in [1.29, 1.82) is 10.5 Å². The molecule has 4 bridgehead atoms. The van der Waals surface area contributed by atoms with E-state index in [0.717, 1.165) is 39.6 Å². The molecular formula is C31H28IN3O. The first-order chi connectivity index (χ1) is 17.5. The van der Waals surface area contributed by atoms with Crippen LogP contribution in [0.1, 0.15) is 55.6 Å². The number of hydrogen-bond acceptors (Lipinski definition) is 4. The molecular weight excluding hydrogens is 557 g/mol. The lowest BCUT2D eigenvalue weighted by Gasteiger charge is -2.57. The van der Waals surface area contributed by atoms with Crippen molar-refractivity contribution in [3.05, 3.63) is 69.3 Å². The summed E-state index contributed by atoms with van der Waals surface area (Å²) in [5.74, 6) is 1.73. The first-order valence-corrected chi connectivity index (χ1v) is 14.2. The Kier molecular flexibility index (Phi) is 4.97. The van der Waals surface area contributed by atoms with E-state index in [-0.39, 0.29) is 11.2 Å². The molecule has 4 aliphatic carbocycles. The van der Waals surface area contributed by atoms with Crippen LogP contribution in [0.25, 0.3) is 6.08 Å². The van der Waals surface area contributed by atoms with Gasteiger partial charge in [-0.05, 0) is 108 Å². The molecule has 0 aromatic heterocycles. The zero-order chi connectivity index (χ0) is 24.7. The van der Waals surface area contributed by atoms with Gasteiger partial charge in [0, 0.05) is 20.6 Å². The Morgan fingerprint density at radius 2 is 1.61 bits per heavy atom. The van der Waals surface area contributed by atoms with E-state index in [1.165, 1.54) is 19.3 Å². The minimum atomic E-state index is -1.35. The third-order valence-corrected chi connectivity index (χ3v) is 10.6. The lowest BCUT2D eigenvalue weighted by Crippen LogP contribution is -2.56. The third-order valence-electron chi connectivity index (χ3n) is 9.95. The second-order valence-electron chi connectivity index (χ2n) is 11.9. The van der Waals surface area contributed by atoms with Gasteiger partial charge in [-0.3, -0.25) is 4.79 Å². The van der Waals surface area contributed by atoms with Crippen molar-refractivity contribution in [3.8, 4) is 12.1 Å². The number of para-hydroxylation sites is 1. The maximum atomic E-state index is 15.1. The maximum Gasteiger partial charge on any atom is 0.176 e. The normalized spacial score (nSPS) is 36.6. The van der Waals surface area contributed by atoms with Gasteiger partial charge in [0.05, 0.1) is 24.2 Å². The van der Waals surface area contributed by atoms with E-state index in [0.29, 0.717) is 17.8 Å². The average Bonchev–Trinajstić information content (AvgIpc) is 3.18. The summed E-state index contributed by atoms with van der Waals surface area (Å²) in [7, 11) is 0. The molecule has 0 unspecified atom stereocenters. The standard InChI is InChI=1S/C31H28IN3O/c32-24-6-3-5-23(13-24)27-28(29(36)30-14-19-10-20(15-30)12-21(11-19)16-30)35-25-7-2-1-4-22(25)8-9-26(35)31(27,17-33)18-34/h1-9,13,19-21,26-28H,10-12,14-16H2/t19?,20?,21?,26-,27+,28-,30?/m0/s1. The lowest BCUT2D eigenvalue weighted by molar-refractivity contribution is -0.145. The first kappa shape index (κ1) is 22.5. The molecule has 4 nitrogen and oxygen atoms in total. The Morgan fingerprint density at radius 1 is 0.944 bits per heavy atom. The van der Waals surface area contributed by atoms with Crippen molar-refractivity contribution in [2.75, 3.05) is 4.90 Å². The van der Waals surface area contributed by atoms with Gasteiger partial charge in [0.2, 0.25) is 0 Å². The van der Waals surface area contributed by atoms with Crippen molar-refractivity contribution in [2.45, 2.75) is 56.5 Å². The molecule has 2 aromatic rings. The number of ketones is 1. The van der Waals surface area contributed by atoms with Crippen LogP contribution in [0.3, 0.4) is 0 Å². The molecule has 0 spiro atoms. The maximum absolute atomic E-state index is 15.1. The predicted molar refractivity (Wildman–Crippen MR) is 147 cm³/mol. The fourth-order valence-corrected chi connectivity index (χ4v) is 9.60. The minimum Gasteiger partial charge on any atom is -0.351 e. The molecule has 2 aliphatic heterocycles. The number of nitriles is 2. The zero-order valence-corrected chi connectivity index (χ0v) is 22.3. The molecule has 5 fully saturated rings. The summed E-state index contributed by atoms with van der Waals surface area (Å²) < 4.78 is 1.05. The summed E-state index contributed by atoms with van der Waals surface area (Å²) in [6.07, 6.45) is 10.8. The highest BCUT2D eigenvalue weighted by Crippen LogP contribution is 2.63. The number of rotatable bonds is 3. The summed E-state index contributed by atoms with van der Waals surface area (Å²) in [5, 5.41) is 21.4. The van der Waals surface area contributed by atoms with Crippen LogP contribution in [-0.2, 0) is 4.79 Å². The molecule has 0 N–H and O–H groups in total. The fourth-order valence-electron chi connectivity index (χ4n) is 9.03. The number of carbonyl (C=O) groups is 1. The van der Waals surface area contributed by atoms with Crippen molar-refractivity contribution in [2.24, 2.45) is 28.6 Å². The number of benzene rings is 2. The fraction of sp³-hybridized carbons (Fsp3) is 0.452. The molecule has 2 aromatic carbocycles. The van der Waals surface area contributed by atoms with Crippen LogP contribution >= 0.6 is 22.6 Å². The molecule has 5 heteroatoms. The zero-order valence-electron chi connectivity index (χ0n) is 20.1. The Balaban J connectivity index is 1.45. The monoisotopic (exact) mass is 585 g/mol. The van der Waals surface area contributed by atoms with Gasteiger partial charge in [-0.2, -0.15) is 10.5 Å². The first-order valence-electron chi connectivity index (χ1n) is 13.2. The number of nitrogens with zero attached hydrogens (tertiary/aromatic N) is 3. The Labute approximate surface area is 226 Å². The Hall–Kier alpha value is -2.64. The SMILES string of the molecule is N#CC1(C#N)[C@H](c2cccc(I)c2)[C@@H](C(=O)C23CC4CC(CC(C4)C2)C3)N2c3ccccc3C=C[C@H]21. The Bertz CT molecular complexity index is 1330. The van der Waals surface area contributed by atoms with E-state index < -0.39 is 23.4 Å². The molecule has 0 amide bonds. The highest BCUT2D eigenvalue weighted by molar-refractivity contribution is 14.1. The topological polar surface area (TPSA) is 67.9 Å². The Morgan fingerprint density at radius 3 is 2.25 bits per heavy atom. The van der Waals surface area contributed by atoms with Crippen LogP contribution < -0.4 is 4.90 Å². The smallest absolute Gasteiger partial charge is 0.176 e. The molecule has 8 rings (SSSR count). The van der Waals surface area contributed by atoms with Crippen LogP contribution in [0.15, 0.2) is 54.6 Å². The summed E-state index contributed by atoms with van der Waals surface area (Å²) in [6, 6.07) is 20.2. The molecule has 2 heterocycles. The number of anilines is 1. The predicted octanol–water partition coefficient (Wildman–Crippen LogP) is 6.48. The highest BCUT2D eigenvalue weighted by atomic mass is 127. The van der Waals surface area contributed by atoms with Crippen LogP contribution in [0.4, 0.5) is 5.69 Å². The van der Waals surface area contributed by atoms with Crippen LogP contribution in [0.5, 0.6) is 0 Å². The molecule has 1 saturated heterocycles. The van der Waals surface area contributed by atoms with Crippen molar-refractivity contribution < 1.29 is 4.79 Å². The van der Waals surface area contributed by atoms with Crippen LogP contribution in [0.2, 0.25) is 0 Å². The third kappa shape index (κ3) is 2.99. The second-order valence-corrected chi connectivity index (χ2v) is 13.1. The number of halogens is 1. The van der Waals surface area contributed by atoms with Gasteiger partial charge in [0.1, 0.15) is 0 Å². The largest absolute Gasteiger partial charge is 0.351 e. The van der Waals surface area contributed by atoms with Gasteiger partial charge < -0.3 is 4.90 Å². The summed E-state index contributed by atoms with van der Waals surface area (Å²) in [5.41, 5.74) is 1.27. The summed E-state index contributed by atoms with van der Waals surface area (Å²) >= 11 is 2.29. The van der Waals surface area contributed by atoms with E-state index in [1.807, 2.05) is 42.5 Å². The molecule has 180 valence electrons. The molecule has 0 radical (unpaired) electrons. The molecule has 3 atom stereocenters. The van der Waals surface area contributed by atoms with E-state index in [9.17, 15) is 10.5 Å². The molecule has 4 saturated carbocycles. The number of fused-ring (bicyclic) bond motifs is 3. The number of hydrogen-bond donors (Lipinski definition) is 0. The van der Waals surface area contributed by atoms with Gasteiger partial charge in [0.15, 0.2) is 11.2 Å². The summed E-state index contributed by atoms with van der Waals surface area (Å²) in [4.78, 5) is 17.2. The van der Waals surface area contributed by atoms with Gasteiger partial charge in [-0.15, -0.1) is 0 Å². The van der Waals surface area contributed by atoms with Gasteiger partial charge in [-0.1, -0.05) is 42.5 Å². The van der Waals surface area contributed by atoms with Crippen molar-refractivity contribution in [3.63, 3.8) is 0 Å². The highest BCUT2D eigenvalue weighted by Gasteiger charge is 2.66.